The van der Waals surface area contributed by atoms with Gasteiger partial charge in [0.15, 0.2) is 0 Å². The predicted molar refractivity (Wildman–Crippen MR) is 111 cm³/mol. The van der Waals surface area contributed by atoms with Gasteiger partial charge in [-0.05, 0) is 30.7 Å². The van der Waals surface area contributed by atoms with E-state index in [2.05, 4.69) is 68.6 Å². The third kappa shape index (κ3) is 6.30. The van der Waals surface area contributed by atoms with Crippen LogP contribution in [0.1, 0.15) is 72.6 Å². The monoisotopic (exact) mass is 350 g/mol. The molecule has 3 heteroatoms. The van der Waals surface area contributed by atoms with Crippen LogP contribution in [0.3, 0.4) is 0 Å². The van der Waals surface area contributed by atoms with Gasteiger partial charge in [-0.3, -0.25) is 4.39 Å². The van der Waals surface area contributed by atoms with Crippen molar-refractivity contribution in [2.24, 2.45) is 7.05 Å². The molecule has 0 aliphatic heterocycles. The second-order valence-corrected chi connectivity index (χ2v) is 5.60. The van der Waals surface area contributed by atoms with E-state index in [1.54, 1.807) is 0 Å². The molecule has 0 bridgehead atoms. The van der Waals surface area contributed by atoms with Crippen molar-refractivity contribution in [2.45, 2.75) is 73.6 Å². The number of aromatic nitrogens is 2. The van der Waals surface area contributed by atoms with Crippen LogP contribution in [-0.2, 0) is 12.5 Å². The molecule has 0 saturated carbocycles. The summed E-state index contributed by atoms with van der Waals surface area (Å²) in [5, 5.41) is 0. The maximum absolute atomic E-state index is 9.50. The van der Waals surface area contributed by atoms with Crippen molar-refractivity contribution in [1.82, 2.24) is 9.55 Å². The average Bonchev–Trinajstić information content (AvgIpc) is 3.04. The zero-order valence-corrected chi connectivity index (χ0v) is 18.1. The lowest BCUT2D eigenvalue weighted by Gasteiger charge is -2.29. The van der Waals surface area contributed by atoms with E-state index in [1.807, 2.05) is 33.9 Å². The van der Waals surface area contributed by atoms with Crippen LogP contribution in [0.5, 0.6) is 0 Å². The minimum Gasteiger partial charge on any atom is -0.331 e. The van der Waals surface area contributed by atoms with Gasteiger partial charge in [0.1, 0.15) is 5.82 Å². The lowest BCUT2D eigenvalue weighted by molar-refractivity contribution is 0.440. The van der Waals surface area contributed by atoms with Crippen molar-refractivity contribution in [3.8, 4) is 11.4 Å². The Morgan fingerprint density at radius 1 is 1.00 bits per heavy atom. The summed E-state index contributed by atoms with van der Waals surface area (Å²) in [6.07, 6.45) is 4.23. The largest absolute Gasteiger partial charge is 0.331 e. The Morgan fingerprint density at radius 2 is 1.48 bits per heavy atom. The number of benzene rings is 1. The standard InChI is InChI=1S/C17H24N2.2C2H6.CH3F/c1-6-17(4,7-2)15-11-9-8-10-14(15)16-18-12-13(3)19(16)5;3*1-2/h8-12H,6-7H2,1-5H3;2*1-2H3;1H3. The van der Waals surface area contributed by atoms with Crippen LogP contribution < -0.4 is 0 Å². The van der Waals surface area contributed by atoms with Crippen LogP contribution in [0.4, 0.5) is 4.39 Å². The minimum atomic E-state index is 0.219. The van der Waals surface area contributed by atoms with Gasteiger partial charge in [0.2, 0.25) is 0 Å². The van der Waals surface area contributed by atoms with Gasteiger partial charge in [-0.15, -0.1) is 0 Å². The first-order chi connectivity index (χ1) is 12.0. The summed E-state index contributed by atoms with van der Waals surface area (Å²) in [7, 11) is 2.59. The Bertz CT molecular complexity index is 569. The summed E-state index contributed by atoms with van der Waals surface area (Å²) in [4.78, 5) is 4.59. The number of halogens is 1. The molecule has 0 amide bonds. The van der Waals surface area contributed by atoms with Crippen LogP contribution >= 0.6 is 0 Å². The van der Waals surface area contributed by atoms with Crippen molar-refractivity contribution in [3.63, 3.8) is 0 Å². The molecule has 0 aliphatic rings. The molecule has 1 aromatic carbocycles. The number of rotatable bonds is 4. The molecule has 0 saturated heterocycles. The van der Waals surface area contributed by atoms with E-state index in [0.29, 0.717) is 7.18 Å². The highest BCUT2D eigenvalue weighted by Gasteiger charge is 2.26. The highest BCUT2D eigenvalue weighted by atomic mass is 19.1. The topological polar surface area (TPSA) is 17.8 Å². The quantitative estimate of drug-likeness (QED) is 0.574. The Balaban J connectivity index is 0. The van der Waals surface area contributed by atoms with E-state index in [4.69, 9.17) is 0 Å². The predicted octanol–water partition coefficient (Wildman–Crippen LogP) is 7.11. The van der Waals surface area contributed by atoms with Crippen molar-refractivity contribution >= 4 is 0 Å². The molecule has 1 heterocycles. The smallest absolute Gasteiger partial charge is 0.140 e. The number of imidazole rings is 1. The summed E-state index contributed by atoms with van der Waals surface area (Å²) in [6.45, 7) is 17.0. The molecule has 0 unspecified atom stereocenters. The lowest BCUT2D eigenvalue weighted by atomic mass is 9.75. The van der Waals surface area contributed by atoms with E-state index in [-0.39, 0.29) is 5.41 Å². The van der Waals surface area contributed by atoms with Crippen molar-refractivity contribution in [1.29, 1.82) is 0 Å². The van der Waals surface area contributed by atoms with Gasteiger partial charge in [0.05, 0.1) is 7.18 Å². The van der Waals surface area contributed by atoms with Gasteiger partial charge >= 0.3 is 0 Å². The van der Waals surface area contributed by atoms with Crippen molar-refractivity contribution in [3.05, 3.63) is 41.7 Å². The molecule has 0 radical (unpaired) electrons. The normalized spacial score (nSPS) is 9.72. The summed E-state index contributed by atoms with van der Waals surface area (Å²) in [5.74, 6) is 1.07. The first kappa shape index (κ1) is 25.6. The fourth-order valence-electron chi connectivity index (χ4n) is 2.58. The number of hydrogen-bond donors (Lipinski definition) is 0. The van der Waals surface area contributed by atoms with Crippen LogP contribution in [0.2, 0.25) is 0 Å². The fourth-order valence-corrected chi connectivity index (χ4v) is 2.58. The number of alkyl halides is 1. The van der Waals surface area contributed by atoms with E-state index < -0.39 is 0 Å². The SMILES string of the molecule is CC.CC.CCC(C)(CC)c1ccccc1-c1ncc(C)n1C.CF. The molecule has 144 valence electrons. The first-order valence-corrected chi connectivity index (χ1v) is 9.49. The second kappa shape index (κ2) is 13.6. The van der Waals surface area contributed by atoms with Crippen LogP contribution in [0.15, 0.2) is 30.5 Å². The highest BCUT2D eigenvalue weighted by Crippen LogP contribution is 2.37. The molecule has 1 aromatic heterocycles. The summed E-state index contributed by atoms with van der Waals surface area (Å²) < 4.78 is 11.7. The van der Waals surface area contributed by atoms with Gasteiger partial charge < -0.3 is 4.57 Å². The van der Waals surface area contributed by atoms with Gasteiger partial charge in [-0.1, -0.05) is 72.7 Å². The van der Waals surface area contributed by atoms with Gasteiger partial charge in [0.25, 0.3) is 0 Å². The minimum absolute atomic E-state index is 0.219. The molecular formula is C22H39FN2. The molecule has 2 nitrogen and oxygen atoms in total. The molecule has 0 spiro atoms. The lowest BCUT2D eigenvalue weighted by Crippen LogP contribution is -2.21. The van der Waals surface area contributed by atoms with E-state index in [0.717, 1.165) is 18.7 Å². The summed E-state index contributed by atoms with van der Waals surface area (Å²) in [5.41, 5.74) is 4.09. The summed E-state index contributed by atoms with van der Waals surface area (Å²) in [6, 6.07) is 8.69. The first-order valence-electron chi connectivity index (χ1n) is 9.49. The maximum atomic E-state index is 9.50. The third-order valence-electron chi connectivity index (χ3n) is 4.60. The van der Waals surface area contributed by atoms with Gasteiger partial charge in [-0.25, -0.2) is 4.98 Å². The Labute approximate surface area is 155 Å². The zero-order valence-electron chi connectivity index (χ0n) is 18.1. The van der Waals surface area contributed by atoms with Crippen molar-refractivity contribution in [2.75, 3.05) is 7.18 Å². The zero-order chi connectivity index (χ0) is 20.0. The highest BCUT2D eigenvalue weighted by molar-refractivity contribution is 5.63. The van der Waals surface area contributed by atoms with Gasteiger partial charge in [0, 0.05) is 24.5 Å². The maximum Gasteiger partial charge on any atom is 0.140 e. The van der Waals surface area contributed by atoms with Gasteiger partial charge in [-0.2, -0.15) is 0 Å². The number of hydrogen-bond acceptors (Lipinski definition) is 1. The van der Waals surface area contributed by atoms with Crippen LogP contribution in [-0.4, -0.2) is 16.7 Å². The fraction of sp³-hybridized carbons (Fsp3) is 0.591. The van der Waals surface area contributed by atoms with E-state index in [9.17, 15) is 4.39 Å². The summed E-state index contributed by atoms with van der Waals surface area (Å²) >= 11 is 0. The number of nitrogens with zero attached hydrogens (tertiary/aromatic N) is 2. The van der Waals surface area contributed by atoms with E-state index >= 15 is 0 Å². The number of aryl methyl sites for hydroxylation is 1. The second-order valence-electron chi connectivity index (χ2n) is 5.60. The Hall–Kier alpha value is -1.64. The third-order valence-corrected chi connectivity index (χ3v) is 4.60. The molecule has 25 heavy (non-hydrogen) atoms. The van der Waals surface area contributed by atoms with Crippen LogP contribution in [0.25, 0.3) is 11.4 Å². The molecule has 0 N–H and O–H groups in total. The molecule has 0 fully saturated rings. The molecule has 0 aliphatic carbocycles. The van der Waals surface area contributed by atoms with Crippen molar-refractivity contribution < 1.29 is 4.39 Å². The molecule has 2 rings (SSSR count). The molecule has 0 atom stereocenters. The Kier molecular flexibility index (Phi) is 14.0. The van der Waals surface area contributed by atoms with E-state index in [1.165, 1.54) is 16.8 Å². The van der Waals surface area contributed by atoms with Crippen LogP contribution in [0, 0.1) is 6.92 Å². The average molecular weight is 351 g/mol. The Morgan fingerprint density at radius 3 is 1.88 bits per heavy atom. The molecular weight excluding hydrogens is 311 g/mol. The molecule has 2 aromatic rings.